The molecule has 33 heavy (non-hydrogen) atoms. The fraction of sp³-hybridized carbons (Fsp3) is 0.519. The highest BCUT2D eigenvalue weighted by Crippen LogP contribution is 2.32. The van der Waals surface area contributed by atoms with Gasteiger partial charge in [0, 0.05) is 36.9 Å². The van der Waals surface area contributed by atoms with Gasteiger partial charge >= 0.3 is 0 Å². The van der Waals surface area contributed by atoms with Crippen molar-refractivity contribution in [3.05, 3.63) is 53.3 Å². The molecule has 0 aromatic heterocycles. The van der Waals surface area contributed by atoms with E-state index in [1.54, 1.807) is 4.90 Å². The second-order valence-electron chi connectivity index (χ2n) is 9.50. The zero-order valence-electron chi connectivity index (χ0n) is 19.6. The fourth-order valence-corrected chi connectivity index (χ4v) is 5.42. The Morgan fingerprint density at radius 2 is 1.91 bits per heavy atom. The lowest BCUT2D eigenvalue weighted by Crippen LogP contribution is -2.38. The van der Waals surface area contributed by atoms with E-state index in [1.165, 1.54) is 32.0 Å². The molecule has 1 amide bonds. The van der Waals surface area contributed by atoms with Gasteiger partial charge in [-0.15, -0.1) is 0 Å². The van der Waals surface area contributed by atoms with Gasteiger partial charge in [0.1, 0.15) is 11.6 Å². The number of benzene rings is 2. The molecule has 0 unspecified atom stereocenters. The third-order valence-electron chi connectivity index (χ3n) is 7.33. The Balaban J connectivity index is 1.27. The van der Waals surface area contributed by atoms with Crippen molar-refractivity contribution in [3.63, 3.8) is 0 Å². The Kier molecular flexibility index (Phi) is 6.54. The van der Waals surface area contributed by atoms with E-state index in [-0.39, 0.29) is 11.7 Å². The lowest BCUT2D eigenvalue weighted by atomic mass is 9.98. The molecule has 3 aliphatic rings. The van der Waals surface area contributed by atoms with Crippen LogP contribution in [0.4, 0.5) is 15.8 Å². The summed E-state index contributed by atoms with van der Waals surface area (Å²) in [6.07, 6.45) is 6.48. The van der Waals surface area contributed by atoms with Crippen molar-refractivity contribution in [2.75, 3.05) is 49.1 Å². The highest BCUT2D eigenvalue weighted by atomic mass is 19.1. The van der Waals surface area contributed by atoms with Crippen molar-refractivity contribution in [2.24, 2.45) is 0 Å². The average molecular weight is 452 g/mol. The smallest absolute Gasteiger partial charge is 0.258 e. The van der Waals surface area contributed by atoms with Crippen LogP contribution >= 0.6 is 0 Å². The largest absolute Gasteiger partial charge is 0.494 e. The first-order valence-corrected chi connectivity index (χ1v) is 12.5. The molecule has 0 saturated carbocycles. The Morgan fingerprint density at radius 1 is 1.06 bits per heavy atom. The van der Waals surface area contributed by atoms with E-state index in [1.807, 2.05) is 30.3 Å². The number of hydrogen-bond acceptors (Lipinski definition) is 4. The third kappa shape index (κ3) is 4.58. The quantitative estimate of drug-likeness (QED) is 0.562. The molecule has 0 aliphatic carbocycles. The first kappa shape index (κ1) is 22.2. The van der Waals surface area contributed by atoms with E-state index in [2.05, 4.69) is 16.7 Å². The first-order valence-electron chi connectivity index (χ1n) is 12.5. The standard InChI is InChI=1S/C27H34FN3O2/c1-2-3-16-33-23-7-8-24-20(17-23)10-15-31(27(24)32)21-6-9-26(25(28)18-21)30-14-11-22(19-30)29-12-4-5-13-29/h6-9,17-18,22H,2-5,10-16,19H2,1H3/t22-/m1/s1. The van der Waals surface area contributed by atoms with Gasteiger partial charge in [0.2, 0.25) is 0 Å². The number of carbonyl (C=O) groups excluding carboxylic acids is 1. The van der Waals surface area contributed by atoms with Gasteiger partial charge in [-0.1, -0.05) is 13.3 Å². The SMILES string of the molecule is CCCCOc1ccc2c(c1)CCN(c1ccc(N3CC[C@@H](N4CCCC4)C3)c(F)c1)C2=O. The van der Waals surface area contributed by atoms with Gasteiger partial charge in [0.15, 0.2) is 0 Å². The van der Waals surface area contributed by atoms with E-state index in [4.69, 9.17) is 4.74 Å². The molecule has 0 N–H and O–H groups in total. The Labute approximate surface area is 196 Å². The molecule has 6 heteroatoms. The summed E-state index contributed by atoms with van der Waals surface area (Å²) in [7, 11) is 0. The van der Waals surface area contributed by atoms with Gasteiger partial charge in [0.05, 0.1) is 12.3 Å². The minimum Gasteiger partial charge on any atom is -0.494 e. The highest BCUT2D eigenvalue weighted by molar-refractivity contribution is 6.08. The molecule has 2 aromatic rings. The van der Waals surface area contributed by atoms with Crippen LogP contribution < -0.4 is 14.5 Å². The second-order valence-corrected chi connectivity index (χ2v) is 9.50. The van der Waals surface area contributed by atoms with Gasteiger partial charge in [-0.25, -0.2) is 4.39 Å². The maximum atomic E-state index is 15.2. The number of likely N-dealkylation sites (tertiary alicyclic amines) is 1. The van der Waals surface area contributed by atoms with Crippen LogP contribution in [0.1, 0.15) is 54.9 Å². The molecule has 5 nitrogen and oxygen atoms in total. The minimum atomic E-state index is -0.243. The normalized spacial score (nSPS) is 21.0. The molecule has 5 rings (SSSR count). The van der Waals surface area contributed by atoms with Crippen molar-refractivity contribution < 1.29 is 13.9 Å². The molecule has 1 atom stereocenters. The number of amides is 1. The number of rotatable bonds is 7. The number of unbranched alkanes of at least 4 members (excludes halogenated alkanes) is 1. The van der Waals surface area contributed by atoms with Crippen molar-refractivity contribution in [3.8, 4) is 5.75 Å². The zero-order chi connectivity index (χ0) is 22.8. The van der Waals surface area contributed by atoms with Gasteiger partial charge in [0.25, 0.3) is 5.91 Å². The molecule has 2 saturated heterocycles. The number of hydrogen-bond donors (Lipinski definition) is 0. The van der Waals surface area contributed by atoms with Crippen molar-refractivity contribution >= 4 is 17.3 Å². The van der Waals surface area contributed by atoms with Crippen molar-refractivity contribution in [1.29, 1.82) is 0 Å². The van der Waals surface area contributed by atoms with Crippen molar-refractivity contribution in [1.82, 2.24) is 4.90 Å². The first-order chi connectivity index (χ1) is 16.1. The lowest BCUT2D eigenvalue weighted by Gasteiger charge is -2.30. The van der Waals surface area contributed by atoms with Gasteiger partial charge in [-0.05, 0) is 87.2 Å². The molecule has 3 heterocycles. The molecular formula is C27H34FN3O2. The highest BCUT2D eigenvalue weighted by Gasteiger charge is 2.31. The lowest BCUT2D eigenvalue weighted by molar-refractivity contribution is 0.0980. The van der Waals surface area contributed by atoms with E-state index in [0.717, 1.165) is 50.1 Å². The summed E-state index contributed by atoms with van der Waals surface area (Å²) in [5.41, 5.74) is 2.97. The summed E-state index contributed by atoms with van der Waals surface area (Å²) < 4.78 is 21.0. The maximum absolute atomic E-state index is 15.2. The molecule has 3 aliphatic heterocycles. The van der Waals surface area contributed by atoms with E-state index in [0.29, 0.717) is 36.1 Å². The summed E-state index contributed by atoms with van der Waals surface area (Å²) in [6.45, 7) is 7.48. The summed E-state index contributed by atoms with van der Waals surface area (Å²) in [6, 6.07) is 11.5. The van der Waals surface area contributed by atoms with Gasteiger partial charge in [-0.2, -0.15) is 0 Å². The second kappa shape index (κ2) is 9.72. The molecule has 2 aromatic carbocycles. The summed E-state index contributed by atoms with van der Waals surface area (Å²) in [5, 5.41) is 0. The van der Waals surface area contributed by atoms with Crippen molar-refractivity contribution in [2.45, 2.75) is 51.5 Å². The van der Waals surface area contributed by atoms with Crippen LogP contribution in [0.5, 0.6) is 5.75 Å². The van der Waals surface area contributed by atoms with E-state index in [9.17, 15) is 4.79 Å². The fourth-order valence-electron chi connectivity index (χ4n) is 5.42. The number of nitrogens with zero attached hydrogens (tertiary/aromatic N) is 3. The van der Waals surface area contributed by atoms with Gasteiger partial charge in [-0.3, -0.25) is 9.69 Å². The van der Waals surface area contributed by atoms with Crippen LogP contribution in [-0.2, 0) is 6.42 Å². The van der Waals surface area contributed by atoms with Crippen LogP contribution in [0.25, 0.3) is 0 Å². The molecule has 176 valence electrons. The summed E-state index contributed by atoms with van der Waals surface area (Å²) >= 11 is 0. The Hall–Kier alpha value is -2.60. The third-order valence-corrected chi connectivity index (χ3v) is 7.33. The summed E-state index contributed by atoms with van der Waals surface area (Å²) in [5.74, 6) is 0.503. The summed E-state index contributed by atoms with van der Waals surface area (Å²) in [4.78, 5) is 19.6. The van der Waals surface area contributed by atoms with E-state index >= 15 is 4.39 Å². The number of halogens is 1. The predicted octanol–water partition coefficient (Wildman–Crippen LogP) is 4.88. The Morgan fingerprint density at radius 3 is 2.70 bits per heavy atom. The number of fused-ring (bicyclic) bond motifs is 1. The van der Waals surface area contributed by atoms with Gasteiger partial charge < -0.3 is 14.5 Å². The number of anilines is 2. The monoisotopic (exact) mass is 451 g/mol. The van der Waals surface area contributed by atoms with Crippen LogP contribution in [0, 0.1) is 5.82 Å². The average Bonchev–Trinajstić information content (AvgIpc) is 3.52. The maximum Gasteiger partial charge on any atom is 0.258 e. The Bertz CT molecular complexity index is 1000. The molecular weight excluding hydrogens is 417 g/mol. The topological polar surface area (TPSA) is 36.0 Å². The predicted molar refractivity (Wildman–Crippen MR) is 130 cm³/mol. The van der Waals surface area contributed by atoms with Crippen LogP contribution in [0.2, 0.25) is 0 Å². The zero-order valence-corrected chi connectivity index (χ0v) is 19.6. The molecule has 0 radical (unpaired) electrons. The van der Waals surface area contributed by atoms with Crippen LogP contribution in [0.15, 0.2) is 36.4 Å². The van der Waals surface area contributed by atoms with Crippen LogP contribution in [-0.4, -0.2) is 56.2 Å². The number of ether oxygens (including phenoxy) is 1. The van der Waals surface area contributed by atoms with E-state index < -0.39 is 0 Å². The van der Waals surface area contributed by atoms with Crippen LogP contribution in [0.3, 0.4) is 0 Å². The molecule has 0 spiro atoms. The number of carbonyl (C=O) groups is 1. The molecule has 2 fully saturated rings. The molecule has 0 bridgehead atoms. The minimum absolute atomic E-state index is 0.0706.